The Balaban J connectivity index is 1.89. The second-order valence-corrected chi connectivity index (χ2v) is 5.52. The fraction of sp³-hybridized carbons (Fsp3) is 0. The van der Waals surface area contributed by atoms with Gasteiger partial charge in [0.05, 0.1) is 5.69 Å². The molecule has 0 saturated heterocycles. The summed E-state index contributed by atoms with van der Waals surface area (Å²) in [4.78, 5) is 15.1. The van der Waals surface area contributed by atoms with Crippen molar-refractivity contribution >= 4 is 44.1 Å². The Morgan fingerprint density at radius 2 is 2.00 bits per heavy atom. The highest BCUT2D eigenvalue weighted by molar-refractivity contribution is 9.10. The summed E-state index contributed by atoms with van der Waals surface area (Å²) in [6.45, 7) is 0. The van der Waals surface area contributed by atoms with E-state index in [0.717, 1.165) is 10.9 Å². The van der Waals surface area contributed by atoms with Gasteiger partial charge in [0.15, 0.2) is 0 Å². The Labute approximate surface area is 128 Å². The van der Waals surface area contributed by atoms with Gasteiger partial charge in [0, 0.05) is 21.1 Å². The van der Waals surface area contributed by atoms with Crippen molar-refractivity contribution in [1.82, 2.24) is 4.98 Å². The van der Waals surface area contributed by atoms with Crippen molar-refractivity contribution in [3.05, 3.63) is 58.4 Å². The van der Waals surface area contributed by atoms with Crippen LogP contribution >= 0.6 is 15.9 Å². The summed E-state index contributed by atoms with van der Waals surface area (Å²) in [6.07, 6.45) is 0. The van der Waals surface area contributed by atoms with Gasteiger partial charge < -0.3 is 16.0 Å². The third-order valence-corrected chi connectivity index (χ3v) is 3.56. The molecule has 1 amide bonds. The molecule has 0 aliphatic carbocycles. The number of carbonyl (C=O) groups is 1. The van der Waals surface area contributed by atoms with Crippen LogP contribution in [0.1, 0.15) is 10.5 Å². The van der Waals surface area contributed by atoms with Crippen molar-refractivity contribution in [3.8, 4) is 0 Å². The van der Waals surface area contributed by atoms with Gasteiger partial charge in [-0.15, -0.1) is 0 Å². The van der Waals surface area contributed by atoms with Crippen LogP contribution in [0.25, 0.3) is 10.9 Å². The molecule has 0 unspecified atom stereocenters. The largest absolute Gasteiger partial charge is 0.399 e. The van der Waals surface area contributed by atoms with E-state index in [2.05, 4.69) is 26.2 Å². The normalized spacial score (nSPS) is 10.8. The predicted octanol–water partition coefficient (Wildman–Crippen LogP) is 3.90. The number of aromatic nitrogens is 1. The van der Waals surface area contributed by atoms with Gasteiger partial charge in [0.2, 0.25) is 0 Å². The van der Waals surface area contributed by atoms with Crippen molar-refractivity contribution in [2.75, 3.05) is 11.1 Å². The van der Waals surface area contributed by atoms with Crippen LogP contribution in [0.2, 0.25) is 0 Å². The molecule has 0 fully saturated rings. The van der Waals surface area contributed by atoms with Gasteiger partial charge in [0.25, 0.3) is 5.91 Å². The highest BCUT2D eigenvalue weighted by atomic mass is 79.9. The molecular weight excluding hydrogens is 337 g/mol. The van der Waals surface area contributed by atoms with Crippen LogP contribution in [0.4, 0.5) is 15.8 Å². The second kappa shape index (κ2) is 5.21. The summed E-state index contributed by atoms with van der Waals surface area (Å²) in [7, 11) is 0. The summed E-state index contributed by atoms with van der Waals surface area (Å²) in [6, 6.07) is 11.4. The first-order chi connectivity index (χ1) is 10.0. The molecule has 3 aromatic rings. The van der Waals surface area contributed by atoms with Gasteiger partial charge in [-0.05, 0) is 42.5 Å². The number of H-pyrrole nitrogens is 1. The minimum atomic E-state index is -0.502. The summed E-state index contributed by atoms with van der Waals surface area (Å²) in [5.74, 6) is -0.913. The molecule has 4 nitrogen and oxygen atoms in total. The van der Waals surface area contributed by atoms with E-state index in [0.29, 0.717) is 15.9 Å². The molecule has 0 aliphatic heterocycles. The molecule has 106 valence electrons. The molecule has 0 saturated carbocycles. The Morgan fingerprint density at radius 3 is 2.76 bits per heavy atom. The topological polar surface area (TPSA) is 70.9 Å². The molecule has 4 N–H and O–H groups in total. The number of hydrogen-bond donors (Lipinski definition) is 3. The molecule has 21 heavy (non-hydrogen) atoms. The lowest BCUT2D eigenvalue weighted by molar-refractivity contribution is 0.102. The number of carbonyl (C=O) groups excluding carboxylic acids is 1. The number of nitrogens with one attached hydrogen (secondary N) is 2. The maximum Gasteiger partial charge on any atom is 0.272 e. The Bertz CT molecular complexity index is 844. The Hall–Kier alpha value is -2.34. The van der Waals surface area contributed by atoms with Gasteiger partial charge in [-0.25, -0.2) is 4.39 Å². The molecule has 3 rings (SSSR count). The van der Waals surface area contributed by atoms with Crippen molar-refractivity contribution < 1.29 is 9.18 Å². The van der Waals surface area contributed by atoms with E-state index >= 15 is 0 Å². The van der Waals surface area contributed by atoms with E-state index in [4.69, 9.17) is 5.73 Å². The average Bonchev–Trinajstić information content (AvgIpc) is 2.85. The van der Waals surface area contributed by atoms with E-state index in [9.17, 15) is 9.18 Å². The molecule has 0 spiro atoms. The SMILES string of the molecule is Nc1ccc2[nH]c(C(=O)Nc3ccc(Br)cc3F)cc2c1. The Morgan fingerprint density at radius 1 is 1.19 bits per heavy atom. The van der Waals surface area contributed by atoms with E-state index in [1.807, 2.05) is 0 Å². The highest BCUT2D eigenvalue weighted by Crippen LogP contribution is 2.22. The van der Waals surface area contributed by atoms with E-state index in [1.54, 1.807) is 30.3 Å². The zero-order valence-corrected chi connectivity index (χ0v) is 12.4. The molecule has 1 heterocycles. The number of fused-ring (bicyclic) bond motifs is 1. The molecule has 0 bridgehead atoms. The van der Waals surface area contributed by atoms with Gasteiger partial charge in [-0.3, -0.25) is 4.79 Å². The van der Waals surface area contributed by atoms with Gasteiger partial charge >= 0.3 is 0 Å². The maximum atomic E-state index is 13.7. The van der Waals surface area contributed by atoms with Crippen LogP contribution in [-0.4, -0.2) is 10.9 Å². The van der Waals surface area contributed by atoms with Crippen LogP contribution in [0.3, 0.4) is 0 Å². The predicted molar refractivity (Wildman–Crippen MR) is 84.8 cm³/mol. The third kappa shape index (κ3) is 2.75. The van der Waals surface area contributed by atoms with Crippen molar-refractivity contribution in [1.29, 1.82) is 0 Å². The van der Waals surface area contributed by atoms with Crippen molar-refractivity contribution in [3.63, 3.8) is 0 Å². The second-order valence-electron chi connectivity index (χ2n) is 4.61. The molecule has 0 aliphatic rings. The zero-order valence-electron chi connectivity index (χ0n) is 10.8. The number of benzene rings is 2. The van der Waals surface area contributed by atoms with Crippen molar-refractivity contribution in [2.45, 2.75) is 0 Å². The number of nitrogen functional groups attached to an aromatic ring is 1. The number of aromatic amines is 1. The zero-order chi connectivity index (χ0) is 15.0. The first kappa shape index (κ1) is 13.6. The number of amides is 1. The van der Waals surface area contributed by atoms with Gasteiger partial charge in [0.1, 0.15) is 11.5 Å². The number of nitrogens with two attached hydrogens (primary N) is 1. The quantitative estimate of drug-likeness (QED) is 0.615. The monoisotopic (exact) mass is 347 g/mol. The minimum absolute atomic E-state index is 0.126. The number of rotatable bonds is 2. The molecule has 2 aromatic carbocycles. The third-order valence-electron chi connectivity index (χ3n) is 3.07. The standard InChI is InChI=1S/C15H11BrFN3O/c16-9-1-3-13(11(17)7-9)20-15(21)14-6-8-5-10(18)2-4-12(8)19-14/h1-7,19H,18H2,(H,20,21). The van der Waals surface area contributed by atoms with Crippen molar-refractivity contribution in [2.24, 2.45) is 0 Å². The molecular formula is C15H11BrFN3O. The smallest absolute Gasteiger partial charge is 0.272 e. The van der Waals surface area contributed by atoms with Crippen LogP contribution in [-0.2, 0) is 0 Å². The summed E-state index contributed by atoms with van der Waals surface area (Å²) in [5, 5.41) is 3.36. The van der Waals surface area contributed by atoms with E-state index < -0.39 is 11.7 Å². The molecule has 0 atom stereocenters. The number of halogens is 2. The minimum Gasteiger partial charge on any atom is -0.399 e. The summed E-state index contributed by atoms with van der Waals surface area (Å²) in [5.41, 5.74) is 7.58. The van der Waals surface area contributed by atoms with Gasteiger partial charge in [-0.1, -0.05) is 15.9 Å². The first-order valence-electron chi connectivity index (χ1n) is 6.17. The fourth-order valence-electron chi connectivity index (χ4n) is 2.05. The summed E-state index contributed by atoms with van der Waals surface area (Å²) < 4.78 is 14.3. The van der Waals surface area contributed by atoms with Gasteiger partial charge in [-0.2, -0.15) is 0 Å². The lowest BCUT2D eigenvalue weighted by Gasteiger charge is -2.05. The lowest BCUT2D eigenvalue weighted by atomic mass is 10.2. The van der Waals surface area contributed by atoms with Crippen LogP contribution in [0, 0.1) is 5.82 Å². The van der Waals surface area contributed by atoms with Crippen LogP contribution < -0.4 is 11.1 Å². The maximum absolute atomic E-state index is 13.7. The molecule has 1 aromatic heterocycles. The molecule has 6 heteroatoms. The van der Waals surface area contributed by atoms with Crippen LogP contribution in [0.15, 0.2) is 46.9 Å². The molecule has 0 radical (unpaired) electrons. The number of anilines is 2. The highest BCUT2D eigenvalue weighted by Gasteiger charge is 2.12. The number of hydrogen-bond acceptors (Lipinski definition) is 2. The first-order valence-corrected chi connectivity index (χ1v) is 6.97. The van der Waals surface area contributed by atoms with E-state index in [-0.39, 0.29) is 5.69 Å². The van der Waals surface area contributed by atoms with E-state index in [1.165, 1.54) is 12.1 Å². The fourth-order valence-corrected chi connectivity index (χ4v) is 2.39. The summed E-state index contributed by atoms with van der Waals surface area (Å²) >= 11 is 3.17. The van der Waals surface area contributed by atoms with Crippen LogP contribution in [0.5, 0.6) is 0 Å². The Kier molecular flexibility index (Phi) is 3.39. The lowest BCUT2D eigenvalue weighted by Crippen LogP contribution is -2.13. The average molecular weight is 348 g/mol.